The van der Waals surface area contributed by atoms with Gasteiger partial charge < -0.3 is 28.4 Å². The maximum atomic E-state index is 2.44. The van der Waals surface area contributed by atoms with Gasteiger partial charge >= 0.3 is 0 Å². The van der Waals surface area contributed by atoms with Crippen molar-refractivity contribution in [2.75, 3.05) is 14.7 Å². The van der Waals surface area contributed by atoms with Gasteiger partial charge in [0, 0.05) is 83.5 Å². The highest BCUT2D eigenvalue weighted by molar-refractivity contribution is 6.15. The molecule has 0 atom stereocenters. The van der Waals surface area contributed by atoms with Crippen LogP contribution in [0.4, 0.5) is 51.2 Å². The predicted molar refractivity (Wildman–Crippen MR) is 557 cm³/mol. The van der Waals surface area contributed by atoms with E-state index in [4.69, 9.17) is 0 Å². The van der Waals surface area contributed by atoms with E-state index < -0.39 is 0 Å². The molecule has 6 nitrogen and oxygen atoms in total. The summed E-state index contributed by atoms with van der Waals surface area (Å²) in [5.74, 6) is 0. The molecule has 24 aromatic rings. The van der Waals surface area contributed by atoms with Gasteiger partial charge in [-0.1, -0.05) is 322 Å². The van der Waals surface area contributed by atoms with Gasteiger partial charge in [0.05, 0.1) is 50.2 Å². The molecule has 0 unspecified atom stereocenters. The number of hydrogen-bond donors (Lipinski definition) is 0. The fourth-order valence-corrected chi connectivity index (χ4v) is 19.8. The van der Waals surface area contributed by atoms with Crippen LogP contribution in [-0.2, 0) is 0 Å². The Bertz CT molecular complexity index is 7700. The van der Waals surface area contributed by atoms with Crippen LogP contribution in [0.15, 0.2) is 522 Å². The van der Waals surface area contributed by atoms with Crippen molar-refractivity contribution in [2.24, 2.45) is 0 Å². The summed E-state index contributed by atoms with van der Waals surface area (Å²) in [4.78, 5) is 7.24. The van der Waals surface area contributed by atoms with Gasteiger partial charge in [0.1, 0.15) is 0 Å². The Hall–Kier alpha value is -17.6. The molecule has 0 spiro atoms. The van der Waals surface area contributed by atoms with E-state index in [2.05, 4.69) is 550 Å². The minimum Gasteiger partial charge on any atom is -0.310 e. The molecule has 6 heteroatoms. The molecule has 3 aromatic heterocycles. The minimum atomic E-state index is 0.962. The van der Waals surface area contributed by atoms with Crippen molar-refractivity contribution in [3.63, 3.8) is 0 Å². The highest BCUT2D eigenvalue weighted by Gasteiger charge is 2.26. The van der Waals surface area contributed by atoms with E-state index in [1.807, 2.05) is 0 Å². The number of benzene rings is 21. The van der Waals surface area contributed by atoms with Gasteiger partial charge in [-0.05, 0) is 289 Å². The number of nitrogens with zero attached hydrogens (tertiary/aromatic N) is 6. The monoisotopic (exact) mass is 1680 g/mol. The molecule has 0 saturated heterocycles. The van der Waals surface area contributed by atoms with E-state index in [0.717, 1.165) is 124 Å². The quantitative estimate of drug-likeness (QED) is 0.0760. The van der Waals surface area contributed by atoms with Crippen LogP contribution >= 0.6 is 0 Å². The molecular formula is C126H86N6. The number of aromatic nitrogens is 3. The number of rotatable bonds is 20. The summed E-state index contributed by atoms with van der Waals surface area (Å²) in [6.07, 6.45) is 0. The average Bonchev–Trinajstić information content (AvgIpc) is 1.56. The second kappa shape index (κ2) is 33.6. The zero-order valence-electron chi connectivity index (χ0n) is 72.3. The van der Waals surface area contributed by atoms with Crippen molar-refractivity contribution in [1.82, 2.24) is 13.7 Å². The Morgan fingerprint density at radius 2 is 0.250 bits per heavy atom. The van der Waals surface area contributed by atoms with Crippen molar-refractivity contribution in [3.8, 4) is 106 Å². The summed E-state index contributed by atoms with van der Waals surface area (Å²) < 4.78 is 7.28. The number of fused-ring (bicyclic) bond motifs is 9. The molecule has 0 aliphatic carbocycles. The summed E-state index contributed by atoms with van der Waals surface area (Å²) in [5.41, 5.74) is 37.8. The molecule has 0 N–H and O–H groups in total. The summed E-state index contributed by atoms with van der Waals surface area (Å²) >= 11 is 0. The van der Waals surface area contributed by atoms with Crippen molar-refractivity contribution in [3.05, 3.63) is 522 Å². The van der Waals surface area contributed by atoms with E-state index >= 15 is 0 Å². The lowest BCUT2D eigenvalue weighted by Crippen LogP contribution is -2.16. The van der Waals surface area contributed by atoms with Crippen LogP contribution in [0.2, 0.25) is 0 Å². The van der Waals surface area contributed by atoms with Crippen LogP contribution < -0.4 is 14.7 Å². The lowest BCUT2D eigenvalue weighted by Gasteiger charge is -2.33. The Labute approximate surface area is 767 Å². The van der Waals surface area contributed by atoms with Crippen LogP contribution in [0, 0.1) is 0 Å². The lowest BCUT2D eigenvalue weighted by molar-refractivity contribution is 1.17. The normalized spacial score (nSPS) is 11.5. The lowest BCUT2D eigenvalue weighted by atomic mass is 10.0. The van der Waals surface area contributed by atoms with Crippen molar-refractivity contribution < 1.29 is 0 Å². The summed E-state index contributed by atoms with van der Waals surface area (Å²) in [6, 6.07) is 191. The Morgan fingerprint density at radius 1 is 0.106 bits per heavy atom. The molecule has 24 rings (SSSR count). The fourth-order valence-electron chi connectivity index (χ4n) is 19.8. The highest BCUT2D eigenvalue weighted by Crippen LogP contribution is 2.49. The van der Waals surface area contributed by atoms with Gasteiger partial charge in [-0.15, -0.1) is 0 Å². The number of hydrogen-bond acceptors (Lipinski definition) is 3. The molecular weight excluding hydrogens is 1600 g/mol. The topological polar surface area (TPSA) is 24.5 Å². The van der Waals surface area contributed by atoms with Crippen LogP contribution in [0.5, 0.6) is 0 Å². The molecule has 0 bridgehead atoms. The first-order chi connectivity index (χ1) is 65.4. The molecule has 0 aliphatic heterocycles. The van der Waals surface area contributed by atoms with Crippen LogP contribution in [0.25, 0.3) is 171 Å². The molecule has 0 saturated carbocycles. The first-order valence-corrected chi connectivity index (χ1v) is 45.2. The second-order valence-electron chi connectivity index (χ2n) is 34.0. The van der Waals surface area contributed by atoms with Gasteiger partial charge in [-0.25, -0.2) is 0 Å². The van der Waals surface area contributed by atoms with E-state index in [1.165, 1.54) is 99.1 Å². The maximum absolute atomic E-state index is 2.44. The average molecular weight is 1680 g/mol. The van der Waals surface area contributed by atoms with E-state index in [0.29, 0.717) is 0 Å². The Balaban J connectivity index is 0.628. The molecule has 0 radical (unpaired) electrons. The van der Waals surface area contributed by atoms with E-state index in [9.17, 15) is 0 Å². The SMILES string of the molecule is c1ccc(-c2ccc3c(c2)c2cc(-c4ccccc4)ccc2n3-c2ccc(-c3ccc(N(c4ccccc4)c4cc(N(c5ccccc5)c5ccc(-c6ccc(-n7c8ccc(-c9ccccc9)cc8c8cc(-c9ccccc9)ccc87)cc6)cc5)cc(N(c5ccccc5)c5ccc(-n6c7ccc(-c8ccccc8)cc7c7cc(-c8ccccc8)ccc76)cc5)c4)cc3)cc2)cc1. The summed E-state index contributed by atoms with van der Waals surface area (Å²) in [6.45, 7) is 0. The molecule has 0 aliphatic rings. The van der Waals surface area contributed by atoms with Crippen molar-refractivity contribution in [1.29, 1.82) is 0 Å². The minimum absolute atomic E-state index is 0.962. The summed E-state index contributed by atoms with van der Waals surface area (Å²) in [5, 5.41) is 7.25. The standard InChI is InChI=1S/C126H86N6/c1-10-28-87(29-11-1)97-54-72-121-115(78-97)116-79-98(88-30-12-2-13-31-88)55-73-122(116)130(121)109-64-50-95(51-65-109)93-46-60-106(61-47-93)127(103-40-22-7-23-41-103)112-84-113(86-114(85-112)129(105-44-26-9-27-45-105)108-68-70-111(71-69-108)132-125-76-58-101(91-36-18-5-19-37-91)82-119(125)120-83-102(59-77-126(120)132)92-38-20-6-21-39-92)128(104-42-24-8-25-43-104)107-62-48-94(49-63-107)96-52-66-110(67-53-96)131-123-74-56-99(89-32-14-3-15-33-89)80-117(123)118-81-100(57-75-124(118)131)90-34-16-4-17-35-90/h1-86H. The molecule has 3 heterocycles. The van der Waals surface area contributed by atoms with E-state index in [1.54, 1.807) is 0 Å². The molecule has 620 valence electrons. The van der Waals surface area contributed by atoms with Crippen LogP contribution in [0.1, 0.15) is 0 Å². The zero-order valence-corrected chi connectivity index (χ0v) is 72.3. The fraction of sp³-hybridized carbons (Fsp3) is 0. The number of anilines is 9. The van der Waals surface area contributed by atoms with Gasteiger partial charge in [-0.3, -0.25) is 0 Å². The van der Waals surface area contributed by atoms with Gasteiger partial charge in [-0.2, -0.15) is 0 Å². The zero-order chi connectivity index (χ0) is 87.4. The summed E-state index contributed by atoms with van der Waals surface area (Å²) in [7, 11) is 0. The second-order valence-corrected chi connectivity index (χ2v) is 34.0. The molecule has 0 amide bonds. The maximum Gasteiger partial charge on any atom is 0.0541 e. The molecule has 21 aromatic carbocycles. The third-order valence-electron chi connectivity index (χ3n) is 26.2. The predicted octanol–water partition coefficient (Wildman–Crippen LogP) is 34.7. The Morgan fingerprint density at radius 3 is 0.447 bits per heavy atom. The largest absolute Gasteiger partial charge is 0.310 e. The highest BCUT2D eigenvalue weighted by atomic mass is 15.2. The van der Waals surface area contributed by atoms with Crippen molar-refractivity contribution in [2.45, 2.75) is 0 Å². The van der Waals surface area contributed by atoms with Crippen LogP contribution in [0.3, 0.4) is 0 Å². The third kappa shape index (κ3) is 14.5. The van der Waals surface area contributed by atoms with Crippen molar-refractivity contribution >= 4 is 117 Å². The molecule has 0 fully saturated rings. The van der Waals surface area contributed by atoms with Gasteiger partial charge in [0.25, 0.3) is 0 Å². The Kier molecular flexibility index (Phi) is 19.9. The van der Waals surface area contributed by atoms with Gasteiger partial charge in [0.2, 0.25) is 0 Å². The molecule has 132 heavy (non-hydrogen) atoms. The first kappa shape index (κ1) is 77.9. The first-order valence-electron chi connectivity index (χ1n) is 45.2. The van der Waals surface area contributed by atoms with Crippen LogP contribution in [-0.4, -0.2) is 13.7 Å². The third-order valence-corrected chi connectivity index (χ3v) is 26.2. The van der Waals surface area contributed by atoms with Gasteiger partial charge in [0.15, 0.2) is 0 Å². The smallest absolute Gasteiger partial charge is 0.0541 e. The number of para-hydroxylation sites is 3. The van der Waals surface area contributed by atoms with E-state index in [-0.39, 0.29) is 0 Å².